The molecular weight excluding hydrogens is 292 g/mol. The van der Waals surface area contributed by atoms with Gasteiger partial charge < -0.3 is 20.7 Å². The Balaban J connectivity index is 1.86. The Kier molecular flexibility index (Phi) is 5.35. The van der Waals surface area contributed by atoms with Crippen LogP contribution in [0.25, 0.3) is 0 Å². The fourth-order valence-corrected chi connectivity index (χ4v) is 3.38. The number of hydrogen-bond acceptors (Lipinski definition) is 5. The maximum atomic E-state index is 12.0. The minimum Gasteiger partial charge on any atom is -0.444 e. The van der Waals surface area contributed by atoms with Gasteiger partial charge in [0.25, 0.3) is 0 Å². The Labute approximate surface area is 131 Å². The molecule has 2 fully saturated rings. The minimum atomic E-state index is -0.452. The van der Waals surface area contributed by atoms with Crippen molar-refractivity contribution in [1.29, 1.82) is 0 Å². The number of carbonyl (C=O) groups is 1. The molecule has 3 N–H and O–H groups in total. The van der Waals surface area contributed by atoms with Crippen LogP contribution >= 0.6 is 11.6 Å². The summed E-state index contributed by atoms with van der Waals surface area (Å²) in [5.41, 5.74) is 5.73. The van der Waals surface area contributed by atoms with Crippen LogP contribution in [0.15, 0.2) is 0 Å². The number of amides is 1. The Morgan fingerprint density at radius 3 is 2.38 bits per heavy atom. The maximum absolute atomic E-state index is 12.0. The molecule has 2 saturated heterocycles. The topological polar surface area (TPSA) is 70.8 Å². The zero-order chi connectivity index (χ0) is 15.6. The van der Waals surface area contributed by atoms with Crippen LogP contribution in [-0.4, -0.2) is 78.2 Å². The predicted molar refractivity (Wildman–Crippen MR) is 83.7 cm³/mol. The van der Waals surface area contributed by atoms with Gasteiger partial charge in [-0.25, -0.2) is 4.79 Å². The SMILES string of the molecule is CC(C)(C)OC(=O)N1CCN(C2C(N)CNCC2Cl)CC1. The molecule has 3 atom stereocenters. The van der Waals surface area contributed by atoms with Gasteiger partial charge in [0.15, 0.2) is 0 Å². The van der Waals surface area contributed by atoms with E-state index in [1.54, 1.807) is 4.90 Å². The van der Waals surface area contributed by atoms with Crippen LogP contribution in [0.1, 0.15) is 20.8 Å². The van der Waals surface area contributed by atoms with Gasteiger partial charge in [-0.05, 0) is 20.8 Å². The zero-order valence-corrected chi connectivity index (χ0v) is 13.9. The molecule has 2 aliphatic heterocycles. The number of rotatable bonds is 1. The molecule has 122 valence electrons. The number of ether oxygens (including phenoxy) is 1. The van der Waals surface area contributed by atoms with Gasteiger partial charge >= 0.3 is 6.09 Å². The summed E-state index contributed by atoms with van der Waals surface area (Å²) in [6.45, 7) is 10.1. The molecule has 3 unspecified atom stereocenters. The number of nitrogens with one attached hydrogen (secondary N) is 1. The van der Waals surface area contributed by atoms with Gasteiger partial charge in [-0.1, -0.05) is 0 Å². The minimum absolute atomic E-state index is 0.0156. The summed E-state index contributed by atoms with van der Waals surface area (Å²) in [5, 5.41) is 3.25. The predicted octanol–water partition coefficient (Wildman–Crippen LogP) is 0.446. The lowest BCUT2D eigenvalue weighted by Crippen LogP contribution is -2.65. The summed E-state index contributed by atoms with van der Waals surface area (Å²) in [6, 6.07) is 0.211. The molecule has 2 aliphatic rings. The highest BCUT2D eigenvalue weighted by Crippen LogP contribution is 2.19. The highest BCUT2D eigenvalue weighted by molar-refractivity contribution is 6.21. The second-order valence-corrected chi connectivity index (χ2v) is 7.39. The van der Waals surface area contributed by atoms with E-state index < -0.39 is 5.60 Å². The molecular formula is C14H27ClN4O2. The van der Waals surface area contributed by atoms with Gasteiger partial charge in [0.05, 0.1) is 5.38 Å². The smallest absolute Gasteiger partial charge is 0.410 e. The van der Waals surface area contributed by atoms with Gasteiger partial charge in [-0.15, -0.1) is 11.6 Å². The van der Waals surface area contributed by atoms with E-state index in [1.807, 2.05) is 20.8 Å². The third-order valence-electron chi connectivity index (χ3n) is 3.92. The van der Waals surface area contributed by atoms with Crippen molar-refractivity contribution in [3.05, 3.63) is 0 Å². The van der Waals surface area contributed by atoms with Crippen LogP contribution in [0.5, 0.6) is 0 Å². The molecule has 2 heterocycles. The Bertz CT molecular complexity index is 356. The fourth-order valence-electron chi connectivity index (χ4n) is 2.93. The van der Waals surface area contributed by atoms with E-state index in [9.17, 15) is 4.79 Å². The number of nitrogens with two attached hydrogens (primary N) is 1. The van der Waals surface area contributed by atoms with Crippen LogP contribution in [0.3, 0.4) is 0 Å². The second kappa shape index (κ2) is 6.69. The van der Waals surface area contributed by atoms with Crippen molar-refractivity contribution in [2.75, 3.05) is 39.3 Å². The van der Waals surface area contributed by atoms with E-state index in [0.29, 0.717) is 13.1 Å². The normalized spacial score (nSPS) is 32.0. The summed E-state index contributed by atoms with van der Waals surface area (Å²) in [4.78, 5) is 16.1. The number of piperidine rings is 1. The van der Waals surface area contributed by atoms with Crippen molar-refractivity contribution < 1.29 is 9.53 Å². The molecule has 7 heteroatoms. The average molecular weight is 319 g/mol. The van der Waals surface area contributed by atoms with Crippen molar-refractivity contribution in [3.63, 3.8) is 0 Å². The molecule has 2 rings (SSSR count). The number of piperazine rings is 1. The number of carbonyl (C=O) groups excluding carboxylic acids is 1. The van der Waals surface area contributed by atoms with E-state index >= 15 is 0 Å². The largest absolute Gasteiger partial charge is 0.444 e. The van der Waals surface area contributed by atoms with Crippen molar-refractivity contribution in [3.8, 4) is 0 Å². The Morgan fingerprint density at radius 1 is 1.24 bits per heavy atom. The standard InChI is InChI=1S/C14H27ClN4O2/c1-14(2,3)21-13(20)19-6-4-18(5-7-19)12-10(15)8-17-9-11(12)16/h10-12,17H,4-9,16H2,1-3H3. The Hall–Kier alpha value is -0.560. The number of nitrogens with zero attached hydrogens (tertiary/aromatic N) is 2. The molecule has 0 saturated carbocycles. The van der Waals surface area contributed by atoms with Crippen LogP contribution in [0.2, 0.25) is 0 Å². The highest BCUT2D eigenvalue weighted by Gasteiger charge is 2.37. The summed E-state index contributed by atoms with van der Waals surface area (Å²) in [5.74, 6) is 0. The molecule has 0 bridgehead atoms. The molecule has 0 spiro atoms. The van der Waals surface area contributed by atoms with Crippen LogP contribution in [0.4, 0.5) is 4.79 Å². The van der Waals surface area contributed by atoms with Crippen LogP contribution in [0, 0.1) is 0 Å². The first kappa shape index (κ1) is 16.8. The van der Waals surface area contributed by atoms with Gasteiger partial charge in [-0.3, -0.25) is 4.90 Å². The van der Waals surface area contributed by atoms with Gasteiger partial charge in [-0.2, -0.15) is 0 Å². The maximum Gasteiger partial charge on any atom is 0.410 e. The summed E-state index contributed by atoms with van der Waals surface area (Å²) < 4.78 is 5.41. The molecule has 0 aliphatic carbocycles. The van der Waals surface area contributed by atoms with Gasteiger partial charge in [0, 0.05) is 51.4 Å². The summed E-state index contributed by atoms with van der Waals surface area (Å²) in [6.07, 6.45) is -0.237. The summed E-state index contributed by atoms with van der Waals surface area (Å²) >= 11 is 6.41. The average Bonchev–Trinajstić information content (AvgIpc) is 2.37. The lowest BCUT2D eigenvalue weighted by Gasteiger charge is -2.45. The monoisotopic (exact) mass is 318 g/mol. The van der Waals surface area contributed by atoms with E-state index in [1.165, 1.54) is 0 Å². The molecule has 6 nitrogen and oxygen atoms in total. The second-order valence-electron chi connectivity index (χ2n) is 6.83. The molecule has 0 aromatic rings. The molecule has 1 amide bonds. The quantitative estimate of drug-likeness (QED) is 0.687. The first-order valence-corrected chi connectivity index (χ1v) is 8.04. The molecule has 0 radical (unpaired) electrons. The summed E-state index contributed by atoms with van der Waals surface area (Å²) in [7, 11) is 0. The van der Waals surface area contributed by atoms with Crippen LogP contribution < -0.4 is 11.1 Å². The first-order valence-electron chi connectivity index (χ1n) is 7.60. The Morgan fingerprint density at radius 2 is 1.86 bits per heavy atom. The van der Waals surface area contributed by atoms with Crippen molar-refractivity contribution in [2.45, 2.75) is 43.8 Å². The van der Waals surface area contributed by atoms with Crippen molar-refractivity contribution in [1.82, 2.24) is 15.1 Å². The van der Waals surface area contributed by atoms with Gasteiger partial charge in [0.2, 0.25) is 0 Å². The van der Waals surface area contributed by atoms with E-state index in [-0.39, 0.29) is 23.6 Å². The number of hydrogen-bond donors (Lipinski definition) is 2. The lowest BCUT2D eigenvalue weighted by atomic mass is 9.98. The number of halogens is 1. The van der Waals surface area contributed by atoms with Crippen LogP contribution in [-0.2, 0) is 4.74 Å². The van der Waals surface area contributed by atoms with Gasteiger partial charge in [0.1, 0.15) is 5.60 Å². The first-order chi connectivity index (χ1) is 9.78. The molecule has 0 aromatic carbocycles. The zero-order valence-electron chi connectivity index (χ0n) is 13.1. The molecule has 0 aromatic heterocycles. The number of alkyl halides is 1. The highest BCUT2D eigenvalue weighted by atomic mass is 35.5. The molecule has 21 heavy (non-hydrogen) atoms. The van der Waals surface area contributed by atoms with E-state index in [4.69, 9.17) is 22.1 Å². The van der Waals surface area contributed by atoms with Crippen molar-refractivity contribution in [2.24, 2.45) is 5.73 Å². The third-order valence-corrected chi connectivity index (χ3v) is 4.33. The lowest BCUT2D eigenvalue weighted by molar-refractivity contribution is 0.00777. The third kappa shape index (κ3) is 4.45. The fraction of sp³-hybridized carbons (Fsp3) is 0.929. The van der Waals surface area contributed by atoms with E-state index in [2.05, 4.69) is 10.2 Å². The van der Waals surface area contributed by atoms with E-state index in [0.717, 1.165) is 26.2 Å². The van der Waals surface area contributed by atoms with Crippen molar-refractivity contribution >= 4 is 17.7 Å².